The highest BCUT2D eigenvalue weighted by Crippen LogP contribution is 2.24. The number of carbonyl (C=O) groups excluding carboxylic acids is 2. The second-order valence-electron chi connectivity index (χ2n) is 6.39. The summed E-state index contributed by atoms with van der Waals surface area (Å²) in [4.78, 5) is 23.9. The van der Waals surface area contributed by atoms with Crippen molar-refractivity contribution >= 4 is 28.8 Å². The summed E-state index contributed by atoms with van der Waals surface area (Å²) in [5.41, 5.74) is 3.50. The number of hydrogen-bond acceptors (Lipinski definition) is 5. The molecule has 0 aliphatic heterocycles. The standard InChI is InChI=1S/C23H22N2O4/c1-15(26)16-4-6-18(7-5-16)24-19-8-10-20(11-9-19)25-23(27)17-12-21(28-2)14-22(13-17)29-3/h4-14,24H,1-3H3,(H,25,27). The van der Waals surface area contributed by atoms with Crippen LogP contribution in [-0.2, 0) is 0 Å². The molecule has 6 heteroatoms. The minimum atomic E-state index is -0.261. The first-order valence-electron chi connectivity index (χ1n) is 9.01. The van der Waals surface area contributed by atoms with Gasteiger partial charge in [0.25, 0.3) is 5.91 Å². The van der Waals surface area contributed by atoms with Crippen LogP contribution < -0.4 is 20.1 Å². The lowest BCUT2D eigenvalue weighted by molar-refractivity contribution is 0.101. The zero-order chi connectivity index (χ0) is 20.8. The fourth-order valence-electron chi connectivity index (χ4n) is 2.73. The first kappa shape index (κ1) is 19.9. The molecule has 0 aliphatic carbocycles. The van der Waals surface area contributed by atoms with Gasteiger partial charge in [-0.2, -0.15) is 0 Å². The highest BCUT2D eigenvalue weighted by atomic mass is 16.5. The number of Topliss-reactive ketones (excluding diaryl/α,β-unsaturated/α-hetero) is 1. The SMILES string of the molecule is COc1cc(OC)cc(C(=O)Nc2ccc(Nc3ccc(C(C)=O)cc3)cc2)c1. The van der Waals surface area contributed by atoms with E-state index in [4.69, 9.17) is 9.47 Å². The van der Waals surface area contributed by atoms with Gasteiger partial charge in [-0.25, -0.2) is 0 Å². The Kier molecular flexibility index (Phi) is 6.14. The lowest BCUT2D eigenvalue weighted by atomic mass is 10.1. The summed E-state index contributed by atoms with van der Waals surface area (Å²) in [6.07, 6.45) is 0. The van der Waals surface area contributed by atoms with Gasteiger partial charge >= 0.3 is 0 Å². The summed E-state index contributed by atoms with van der Waals surface area (Å²) in [6, 6.07) is 19.6. The van der Waals surface area contributed by atoms with Crippen molar-refractivity contribution in [1.82, 2.24) is 0 Å². The number of rotatable bonds is 7. The Balaban J connectivity index is 1.67. The van der Waals surface area contributed by atoms with E-state index in [1.807, 2.05) is 36.4 Å². The highest BCUT2D eigenvalue weighted by molar-refractivity contribution is 6.04. The van der Waals surface area contributed by atoms with Gasteiger partial charge in [0.05, 0.1) is 14.2 Å². The third-order valence-corrected chi connectivity index (χ3v) is 4.34. The fraction of sp³-hybridized carbons (Fsp3) is 0.130. The van der Waals surface area contributed by atoms with Crippen molar-refractivity contribution in [1.29, 1.82) is 0 Å². The Morgan fingerprint density at radius 2 is 1.17 bits per heavy atom. The Labute approximate surface area is 169 Å². The molecule has 3 aromatic rings. The monoisotopic (exact) mass is 390 g/mol. The maximum Gasteiger partial charge on any atom is 0.255 e. The van der Waals surface area contributed by atoms with Crippen LogP contribution in [0.1, 0.15) is 27.6 Å². The van der Waals surface area contributed by atoms with Crippen molar-refractivity contribution < 1.29 is 19.1 Å². The van der Waals surface area contributed by atoms with Gasteiger partial charge in [0, 0.05) is 34.3 Å². The Morgan fingerprint density at radius 1 is 0.690 bits per heavy atom. The molecule has 6 nitrogen and oxygen atoms in total. The molecule has 3 aromatic carbocycles. The lowest BCUT2D eigenvalue weighted by Gasteiger charge is -2.11. The molecule has 1 amide bonds. The smallest absolute Gasteiger partial charge is 0.255 e. The molecule has 29 heavy (non-hydrogen) atoms. The maximum absolute atomic E-state index is 12.5. The zero-order valence-electron chi connectivity index (χ0n) is 16.5. The van der Waals surface area contributed by atoms with Crippen molar-refractivity contribution in [2.45, 2.75) is 6.92 Å². The minimum absolute atomic E-state index is 0.0327. The van der Waals surface area contributed by atoms with Crippen LogP contribution in [0.4, 0.5) is 17.1 Å². The largest absolute Gasteiger partial charge is 0.497 e. The third-order valence-electron chi connectivity index (χ3n) is 4.34. The number of nitrogens with one attached hydrogen (secondary N) is 2. The van der Waals surface area contributed by atoms with E-state index in [9.17, 15) is 9.59 Å². The molecule has 148 valence electrons. The number of methoxy groups -OCH3 is 2. The number of carbonyl (C=O) groups is 2. The second-order valence-corrected chi connectivity index (χ2v) is 6.39. The number of amides is 1. The van der Waals surface area contributed by atoms with E-state index in [1.54, 1.807) is 30.3 Å². The molecule has 0 saturated heterocycles. The number of anilines is 3. The second kappa shape index (κ2) is 8.93. The number of benzene rings is 3. The van der Waals surface area contributed by atoms with Crippen LogP contribution in [0.2, 0.25) is 0 Å². The molecule has 0 heterocycles. The summed E-state index contributed by atoms with van der Waals surface area (Å²) < 4.78 is 10.4. The minimum Gasteiger partial charge on any atom is -0.497 e. The van der Waals surface area contributed by atoms with Crippen LogP contribution in [0, 0.1) is 0 Å². The van der Waals surface area contributed by atoms with Gasteiger partial charge in [-0.15, -0.1) is 0 Å². The molecule has 0 radical (unpaired) electrons. The molecule has 0 aromatic heterocycles. The van der Waals surface area contributed by atoms with Crippen LogP contribution in [0.15, 0.2) is 66.7 Å². The molecule has 0 atom stereocenters. The molecule has 0 saturated carbocycles. The number of ketones is 1. The van der Waals surface area contributed by atoms with E-state index < -0.39 is 0 Å². The summed E-state index contributed by atoms with van der Waals surface area (Å²) in [6.45, 7) is 1.54. The highest BCUT2D eigenvalue weighted by Gasteiger charge is 2.10. The predicted octanol–water partition coefficient (Wildman–Crippen LogP) is 4.90. The predicted molar refractivity (Wildman–Crippen MR) is 114 cm³/mol. The van der Waals surface area contributed by atoms with E-state index in [0.29, 0.717) is 28.3 Å². The molecular weight excluding hydrogens is 368 g/mol. The summed E-state index contributed by atoms with van der Waals surface area (Å²) in [5.74, 6) is 0.864. The number of hydrogen-bond donors (Lipinski definition) is 2. The fourth-order valence-corrected chi connectivity index (χ4v) is 2.73. The van der Waals surface area contributed by atoms with Crippen LogP contribution in [0.3, 0.4) is 0 Å². The van der Waals surface area contributed by atoms with E-state index in [-0.39, 0.29) is 11.7 Å². The lowest BCUT2D eigenvalue weighted by Crippen LogP contribution is -2.12. The number of ether oxygens (including phenoxy) is 2. The molecule has 0 fully saturated rings. The van der Waals surface area contributed by atoms with Gasteiger partial charge < -0.3 is 20.1 Å². The van der Waals surface area contributed by atoms with E-state index in [0.717, 1.165) is 11.4 Å². The quantitative estimate of drug-likeness (QED) is 0.561. The van der Waals surface area contributed by atoms with E-state index in [1.165, 1.54) is 21.1 Å². The summed E-state index contributed by atoms with van der Waals surface area (Å²) >= 11 is 0. The third kappa shape index (κ3) is 5.13. The maximum atomic E-state index is 12.5. The van der Waals surface area contributed by atoms with Crippen molar-refractivity contribution in [3.8, 4) is 11.5 Å². The zero-order valence-corrected chi connectivity index (χ0v) is 16.5. The van der Waals surface area contributed by atoms with Gasteiger partial charge in [0.2, 0.25) is 0 Å². The van der Waals surface area contributed by atoms with Crippen molar-refractivity contribution in [3.05, 3.63) is 77.9 Å². The van der Waals surface area contributed by atoms with Crippen molar-refractivity contribution in [3.63, 3.8) is 0 Å². The van der Waals surface area contributed by atoms with Gasteiger partial charge in [0.15, 0.2) is 5.78 Å². The molecule has 3 rings (SSSR count). The van der Waals surface area contributed by atoms with Crippen LogP contribution in [0.25, 0.3) is 0 Å². The van der Waals surface area contributed by atoms with Gasteiger partial charge in [-0.1, -0.05) is 0 Å². The average Bonchev–Trinajstić information content (AvgIpc) is 2.75. The summed E-state index contributed by atoms with van der Waals surface area (Å²) in [7, 11) is 3.08. The topological polar surface area (TPSA) is 76.7 Å². The van der Waals surface area contributed by atoms with Crippen LogP contribution >= 0.6 is 0 Å². The van der Waals surface area contributed by atoms with E-state index >= 15 is 0 Å². The molecule has 0 bridgehead atoms. The van der Waals surface area contributed by atoms with Crippen LogP contribution in [0.5, 0.6) is 11.5 Å². The molecule has 0 unspecified atom stereocenters. The van der Waals surface area contributed by atoms with Crippen molar-refractivity contribution in [2.24, 2.45) is 0 Å². The molecule has 0 spiro atoms. The van der Waals surface area contributed by atoms with E-state index in [2.05, 4.69) is 10.6 Å². The first-order chi connectivity index (χ1) is 14.0. The Bertz CT molecular complexity index is 990. The summed E-state index contributed by atoms with van der Waals surface area (Å²) in [5, 5.41) is 6.11. The molecule has 2 N–H and O–H groups in total. The van der Waals surface area contributed by atoms with Gasteiger partial charge in [0.1, 0.15) is 11.5 Å². The molecular formula is C23H22N2O4. The van der Waals surface area contributed by atoms with Crippen LogP contribution in [-0.4, -0.2) is 25.9 Å². The Hall–Kier alpha value is -3.80. The molecule has 0 aliphatic rings. The van der Waals surface area contributed by atoms with Gasteiger partial charge in [-0.05, 0) is 67.6 Å². The Morgan fingerprint density at radius 3 is 1.66 bits per heavy atom. The van der Waals surface area contributed by atoms with Crippen molar-refractivity contribution in [2.75, 3.05) is 24.9 Å². The average molecular weight is 390 g/mol. The normalized spacial score (nSPS) is 10.2. The van der Waals surface area contributed by atoms with Gasteiger partial charge in [-0.3, -0.25) is 9.59 Å². The first-order valence-corrected chi connectivity index (χ1v) is 9.01.